The number of aromatic nitrogens is 2. The number of hydrogen-bond acceptors (Lipinski definition) is 3. The third-order valence-electron chi connectivity index (χ3n) is 5.47. The second-order valence-electron chi connectivity index (χ2n) is 7.16. The minimum absolute atomic E-state index is 0.0813. The Kier molecular flexibility index (Phi) is 4.75. The van der Waals surface area contributed by atoms with Gasteiger partial charge in [0.25, 0.3) is 5.56 Å². The molecular formula is C22H23N3O2. The Bertz CT molecular complexity index is 1020. The molecule has 2 heterocycles. The van der Waals surface area contributed by atoms with E-state index in [9.17, 15) is 9.59 Å². The molecule has 1 aliphatic rings. The average molecular weight is 361 g/mol. The van der Waals surface area contributed by atoms with Crippen LogP contribution in [0.4, 0.5) is 0 Å². The molecule has 1 amide bonds. The molecule has 2 aromatic carbocycles. The predicted octanol–water partition coefficient (Wildman–Crippen LogP) is 2.88. The highest BCUT2D eigenvalue weighted by atomic mass is 16.2. The van der Waals surface area contributed by atoms with Crippen LogP contribution in [0.5, 0.6) is 0 Å². The third-order valence-corrected chi connectivity index (χ3v) is 5.47. The molecule has 0 N–H and O–H groups in total. The molecule has 1 aromatic heterocycles. The number of carbonyl (C=O) groups is 1. The zero-order valence-electron chi connectivity index (χ0n) is 15.5. The Hall–Kier alpha value is -2.95. The molecule has 0 atom stereocenters. The van der Waals surface area contributed by atoms with E-state index in [1.807, 2.05) is 29.2 Å². The van der Waals surface area contributed by atoms with Gasteiger partial charge in [-0.1, -0.05) is 48.5 Å². The minimum Gasteiger partial charge on any atom is -0.342 e. The number of likely N-dealkylation sites (tertiary alicyclic amines) is 1. The molecule has 0 spiro atoms. The maximum atomic E-state index is 12.8. The molecule has 3 aromatic rings. The van der Waals surface area contributed by atoms with Crippen molar-refractivity contribution in [3.63, 3.8) is 0 Å². The summed E-state index contributed by atoms with van der Waals surface area (Å²) in [4.78, 5) is 27.0. The summed E-state index contributed by atoms with van der Waals surface area (Å²) in [6.07, 6.45) is 2.19. The fourth-order valence-electron chi connectivity index (χ4n) is 3.95. The summed E-state index contributed by atoms with van der Waals surface area (Å²) < 4.78 is 1.33. The number of fused-ring (bicyclic) bond motifs is 1. The Morgan fingerprint density at radius 1 is 1.00 bits per heavy atom. The van der Waals surface area contributed by atoms with Crippen LogP contribution in [0.3, 0.4) is 0 Å². The molecule has 1 fully saturated rings. The summed E-state index contributed by atoms with van der Waals surface area (Å²) in [6.45, 7) is 1.53. The smallest absolute Gasteiger partial charge is 0.274 e. The van der Waals surface area contributed by atoms with Gasteiger partial charge in [-0.15, -0.1) is 0 Å². The Morgan fingerprint density at radius 3 is 2.33 bits per heavy atom. The summed E-state index contributed by atoms with van der Waals surface area (Å²) >= 11 is 0. The number of amides is 1. The van der Waals surface area contributed by atoms with E-state index in [1.54, 1.807) is 13.1 Å². The molecule has 0 saturated carbocycles. The van der Waals surface area contributed by atoms with Crippen LogP contribution in [0, 0.1) is 0 Å². The zero-order chi connectivity index (χ0) is 18.8. The summed E-state index contributed by atoms with van der Waals surface area (Å²) in [5.41, 5.74) is 1.89. The molecule has 4 rings (SSSR count). The zero-order valence-corrected chi connectivity index (χ0v) is 15.5. The van der Waals surface area contributed by atoms with Crippen molar-refractivity contribution in [3.8, 4) is 0 Å². The van der Waals surface area contributed by atoms with E-state index < -0.39 is 0 Å². The number of hydrogen-bond donors (Lipinski definition) is 0. The lowest BCUT2D eigenvalue weighted by Crippen LogP contribution is -2.39. The van der Waals surface area contributed by atoms with Gasteiger partial charge in [0.2, 0.25) is 5.91 Å². The molecule has 1 saturated heterocycles. The van der Waals surface area contributed by atoms with Crippen LogP contribution in [0.15, 0.2) is 59.4 Å². The standard InChI is InChI=1S/C22H23N3O2/c1-24-22(27)19-10-6-5-9-18(19)20(23-24)15-21(26)25-13-11-17(12-14-25)16-7-3-2-4-8-16/h2-10,17H,11-15H2,1H3. The van der Waals surface area contributed by atoms with Gasteiger partial charge in [0, 0.05) is 25.5 Å². The second kappa shape index (κ2) is 7.35. The van der Waals surface area contributed by atoms with Gasteiger partial charge in [0.1, 0.15) is 0 Å². The molecule has 1 aliphatic heterocycles. The fraction of sp³-hybridized carbons (Fsp3) is 0.318. The quantitative estimate of drug-likeness (QED) is 0.721. The van der Waals surface area contributed by atoms with Gasteiger partial charge in [0.05, 0.1) is 17.5 Å². The van der Waals surface area contributed by atoms with Crippen molar-refractivity contribution in [2.75, 3.05) is 13.1 Å². The molecule has 5 heteroatoms. The van der Waals surface area contributed by atoms with Crippen LogP contribution in [0.2, 0.25) is 0 Å². The first-order valence-electron chi connectivity index (χ1n) is 9.41. The Labute approximate surface area is 158 Å². The number of piperidine rings is 1. The molecular weight excluding hydrogens is 338 g/mol. The van der Waals surface area contributed by atoms with Crippen LogP contribution < -0.4 is 5.56 Å². The van der Waals surface area contributed by atoms with Gasteiger partial charge in [-0.25, -0.2) is 4.68 Å². The topological polar surface area (TPSA) is 55.2 Å². The molecule has 0 aliphatic carbocycles. The van der Waals surface area contributed by atoms with Gasteiger partial charge in [0.15, 0.2) is 0 Å². The van der Waals surface area contributed by atoms with Crippen LogP contribution in [0.25, 0.3) is 10.8 Å². The first-order valence-corrected chi connectivity index (χ1v) is 9.41. The predicted molar refractivity (Wildman–Crippen MR) is 106 cm³/mol. The van der Waals surface area contributed by atoms with E-state index in [-0.39, 0.29) is 17.9 Å². The van der Waals surface area contributed by atoms with Crippen molar-refractivity contribution in [1.29, 1.82) is 0 Å². The number of carbonyl (C=O) groups excluding carboxylic acids is 1. The molecule has 0 bridgehead atoms. The van der Waals surface area contributed by atoms with Crippen molar-refractivity contribution < 1.29 is 4.79 Å². The van der Waals surface area contributed by atoms with Gasteiger partial charge in [-0.3, -0.25) is 9.59 Å². The maximum absolute atomic E-state index is 12.8. The summed E-state index contributed by atoms with van der Waals surface area (Å²) in [6, 6.07) is 17.9. The lowest BCUT2D eigenvalue weighted by molar-refractivity contribution is -0.131. The summed E-state index contributed by atoms with van der Waals surface area (Å²) in [5.74, 6) is 0.601. The van der Waals surface area contributed by atoms with Crippen molar-refractivity contribution in [2.24, 2.45) is 7.05 Å². The summed E-state index contributed by atoms with van der Waals surface area (Å²) in [5, 5.41) is 5.74. The third kappa shape index (κ3) is 3.50. The average Bonchev–Trinajstić information content (AvgIpc) is 2.72. The number of benzene rings is 2. The highest BCUT2D eigenvalue weighted by Gasteiger charge is 2.24. The van der Waals surface area contributed by atoms with E-state index in [1.165, 1.54) is 10.2 Å². The molecule has 5 nitrogen and oxygen atoms in total. The van der Waals surface area contributed by atoms with E-state index in [2.05, 4.69) is 29.4 Å². The highest BCUT2D eigenvalue weighted by molar-refractivity contribution is 5.88. The van der Waals surface area contributed by atoms with Gasteiger partial charge >= 0.3 is 0 Å². The van der Waals surface area contributed by atoms with E-state index in [0.29, 0.717) is 17.0 Å². The van der Waals surface area contributed by atoms with Crippen molar-refractivity contribution in [2.45, 2.75) is 25.2 Å². The van der Waals surface area contributed by atoms with E-state index in [4.69, 9.17) is 0 Å². The van der Waals surface area contributed by atoms with Gasteiger partial charge in [-0.05, 0) is 30.4 Å². The monoisotopic (exact) mass is 361 g/mol. The normalized spacial score (nSPS) is 15.2. The lowest BCUT2D eigenvalue weighted by Gasteiger charge is -2.32. The van der Waals surface area contributed by atoms with Gasteiger partial charge < -0.3 is 4.90 Å². The number of nitrogens with zero attached hydrogens (tertiary/aromatic N) is 3. The number of rotatable bonds is 3. The van der Waals surface area contributed by atoms with Crippen molar-refractivity contribution in [3.05, 3.63) is 76.2 Å². The van der Waals surface area contributed by atoms with Crippen LogP contribution >= 0.6 is 0 Å². The van der Waals surface area contributed by atoms with Crippen molar-refractivity contribution in [1.82, 2.24) is 14.7 Å². The number of aryl methyl sites for hydroxylation is 1. The lowest BCUT2D eigenvalue weighted by atomic mass is 9.89. The molecule has 0 radical (unpaired) electrons. The first kappa shape index (κ1) is 17.5. The van der Waals surface area contributed by atoms with Gasteiger partial charge in [-0.2, -0.15) is 5.10 Å². The largest absolute Gasteiger partial charge is 0.342 e. The van der Waals surface area contributed by atoms with Crippen LogP contribution in [0.1, 0.15) is 30.0 Å². The second-order valence-corrected chi connectivity index (χ2v) is 7.16. The van der Waals surface area contributed by atoms with Crippen LogP contribution in [-0.2, 0) is 18.3 Å². The van der Waals surface area contributed by atoms with Crippen molar-refractivity contribution >= 4 is 16.7 Å². The Balaban J connectivity index is 1.49. The summed E-state index contributed by atoms with van der Waals surface area (Å²) in [7, 11) is 1.63. The van der Waals surface area contributed by atoms with Crippen LogP contribution in [-0.4, -0.2) is 33.7 Å². The molecule has 138 valence electrons. The minimum atomic E-state index is -0.134. The molecule has 0 unspecified atom stereocenters. The Morgan fingerprint density at radius 2 is 1.63 bits per heavy atom. The molecule has 27 heavy (non-hydrogen) atoms. The highest BCUT2D eigenvalue weighted by Crippen LogP contribution is 2.28. The maximum Gasteiger partial charge on any atom is 0.274 e. The first-order chi connectivity index (χ1) is 13.1. The van der Waals surface area contributed by atoms with E-state index >= 15 is 0 Å². The fourth-order valence-corrected chi connectivity index (χ4v) is 3.95. The SMILES string of the molecule is Cn1nc(CC(=O)N2CCC(c3ccccc3)CC2)c2ccccc2c1=O. The van der Waals surface area contributed by atoms with E-state index in [0.717, 1.165) is 31.3 Å².